The van der Waals surface area contributed by atoms with Crippen LogP contribution in [-0.2, 0) is 0 Å². The van der Waals surface area contributed by atoms with Crippen LogP contribution in [0.15, 0.2) is 47.0 Å². The van der Waals surface area contributed by atoms with Crippen molar-refractivity contribution in [2.45, 2.75) is 33.3 Å². The summed E-state index contributed by atoms with van der Waals surface area (Å²) in [5.41, 5.74) is 1.53. The van der Waals surface area contributed by atoms with E-state index in [4.69, 9.17) is 4.74 Å². The van der Waals surface area contributed by atoms with Crippen LogP contribution in [0.25, 0.3) is 5.70 Å². The molecule has 2 N–H and O–H groups in total. The molecule has 0 aliphatic carbocycles. The Morgan fingerprint density at radius 3 is 2.68 bits per heavy atom. The molecule has 1 aromatic carbocycles. The van der Waals surface area contributed by atoms with Crippen molar-refractivity contribution in [1.29, 1.82) is 5.26 Å². The number of amides is 2. The first-order valence-corrected chi connectivity index (χ1v) is 9.01. The maximum absolute atomic E-state index is 12.7. The second-order valence-electron chi connectivity index (χ2n) is 6.95. The standard InChI is InChI=1S/C21H22N4O3/c1-5-23-20(27)24-19-18(25-11-7-6-8-16(25)26)17-13(2)14(12-22)9-10-15(17)28-21(19,3)4/h6-11H,5H2,1-4H3,(H2,23,24,27). The van der Waals surface area contributed by atoms with Gasteiger partial charge in [0.25, 0.3) is 5.56 Å². The molecule has 1 aromatic heterocycles. The summed E-state index contributed by atoms with van der Waals surface area (Å²) in [6.07, 6.45) is 1.64. The number of nitrogens with zero attached hydrogens (tertiary/aromatic N) is 2. The van der Waals surface area contributed by atoms with Crippen molar-refractivity contribution in [3.05, 3.63) is 69.3 Å². The van der Waals surface area contributed by atoms with E-state index in [2.05, 4.69) is 16.7 Å². The van der Waals surface area contributed by atoms with Crippen molar-refractivity contribution in [3.63, 3.8) is 0 Å². The van der Waals surface area contributed by atoms with E-state index in [1.54, 1.807) is 37.4 Å². The van der Waals surface area contributed by atoms with Gasteiger partial charge in [-0.1, -0.05) is 6.07 Å². The number of benzene rings is 1. The SMILES string of the molecule is CCNC(=O)NC1=C(n2ccccc2=O)c2c(ccc(C#N)c2C)OC1(C)C. The van der Waals surface area contributed by atoms with Crippen LogP contribution in [-0.4, -0.2) is 22.7 Å². The van der Waals surface area contributed by atoms with Gasteiger partial charge in [0.2, 0.25) is 0 Å². The summed E-state index contributed by atoms with van der Waals surface area (Å²) in [7, 11) is 0. The lowest BCUT2D eigenvalue weighted by molar-refractivity contribution is 0.135. The Morgan fingerprint density at radius 2 is 2.04 bits per heavy atom. The van der Waals surface area contributed by atoms with E-state index in [0.29, 0.717) is 40.4 Å². The number of fused-ring (bicyclic) bond motifs is 1. The highest BCUT2D eigenvalue weighted by molar-refractivity contribution is 5.85. The number of hydrogen-bond donors (Lipinski definition) is 2. The minimum Gasteiger partial charge on any atom is -0.481 e. The van der Waals surface area contributed by atoms with Crippen molar-refractivity contribution in [1.82, 2.24) is 15.2 Å². The normalized spacial score (nSPS) is 14.5. The predicted octanol–water partition coefficient (Wildman–Crippen LogP) is 2.74. The molecule has 0 saturated heterocycles. The van der Waals surface area contributed by atoms with Crippen LogP contribution in [0.5, 0.6) is 5.75 Å². The topological polar surface area (TPSA) is 96.2 Å². The van der Waals surface area contributed by atoms with E-state index in [1.165, 1.54) is 10.6 Å². The van der Waals surface area contributed by atoms with Crippen LogP contribution >= 0.6 is 0 Å². The Bertz CT molecular complexity index is 1070. The van der Waals surface area contributed by atoms with Crippen molar-refractivity contribution in [2.24, 2.45) is 0 Å². The van der Waals surface area contributed by atoms with Crippen LogP contribution in [0.2, 0.25) is 0 Å². The second kappa shape index (κ2) is 7.24. The average molecular weight is 378 g/mol. The molecule has 2 amide bonds. The van der Waals surface area contributed by atoms with Gasteiger partial charge in [0.05, 0.1) is 23.0 Å². The monoisotopic (exact) mass is 378 g/mol. The van der Waals surface area contributed by atoms with Crippen LogP contribution in [0.3, 0.4) is 0 Å². The minimum atomic E-state index is -0.913. The molecule has 0 atom stereocenters. The molecule has 0 unspecified atom stereocenters. The van der Waals surface area contributed by atoms with Crippen molar-refractivity contribution < 1.29 is 9.53 Å². The maximum atomic E-state index is 12.7. The van der Waals surface area contributed by atoms with Crippen molar-refractivity contribution in [3.8, 4) is 11.8 Å². The molecule has 7 heteroatoms. The molecule has 0 fully saturated rings. The maximum Gasteiger partial charge on any atom is 0.319 e. The van der Waals surface area contributed by atoms with Crippen LogP contribution in [0.4, 0.5) is 4.79 Å². The number of pyridine rings is 1. The lowest BCUT2D eigenvalue weighted by Gasteiger charge is -2.38. The van der Waals surface area contributed by atoms with E-state index < -0.39 is 11.6 Å². The largest absolute Gasteiger partial charge is 0.481 e. The van der Waals surface area contributed by atoms with E-state index >= 15 is 0 Å². The summed E-state index contributed by atoms with van der Waals surface area (Å²) >= 11 is 0. The number of rotatable bonds is 3. The molecule has 0 radical (unpaired) electrons. The minimum absolute atomic E-state index is 0.252. The highest BCUT2D eigenvalue weighted by Gasteiger charge is 2.38. The molecule has 2 aromatic rings. The zero-order valence-electron chi connectivity index (χ0n) is 16.3. The molecular formula is C21H22N4O3. The molecule has 1 aliphatic heterocycles. The Kier molecular flexibility index (Phi) is 4.97. The smallest absolute Gasteiger partial charge is 0.319 e. The summed E-state index contributed by atoms with van der Waals surface area (Å²) < 4.78 is 7.63. The number of hydrogen-bond acceptors (Lipinski definition) is 4. The van der Waals surface area contributed by atoms with E-state index in [0.717, 1.165) is 0 Å². The van der Waals surface area contributed by atoms with Gasteiger partial charge in [-0.15, -0.1) is 0 Å². The number of nitriles is 1. The Morgan fingerprint density at radius 1 is 1.29 bits per heavy atom. The molecule has 3 rings (SSSR count). The number of nitrogens with one attached hydrogen (secondary N) is 2. The molecule has 1 aliphatic rings. The number of ether oxygens (including phenoxy) is 1. The van der Waals surface area contributed by atoms with Crippen LogP contribution < -0.4 is 20.9 Å². The number of carbonyl (C=O) groups excluding carboxylic acids is 1. The molecule has 0 saturated carbocycles. The molecule has 28 heavy (non-hydrogen) atoms. The summed E-state index contributed by atoms with van der Waals surface area (Å²) in [5.74, 6) is 0.550. The van der Waals surface area contributed by atoms with E-state index in [1.807, 2.05) is 20.8 Å². The quantitative estimate of drug-likeness (QED) is 0.858. The molecule has 2 heterocycles. The lowest BCUT2D eigenvalue weighted by atomic mass is 9.90. The first-order chi connectivity index (χ1) is 13.3. The molecule has 0 bridgehead atoms. The third-order valence-corrected chi connectivity index (χ3v) is 4.63. The molecule has 0 spiro atoms. The Hall–Kier alpha value is -3.53. The highest BCUT2D eigenvalue weighted by Crippen LogP contribution is 2.42. The van der Waals surface area contributed by atoms with Crippen molar-refractivity contribution in [2.75, 3.05) is 6.54 Å². The lowest BCUT2D eigenvalue weighted by Crippen LogP contribution is -2.47. The van der Waals surface area contributed by atoms with Gasteiger partial charge in [-0.05, 0) is 51.5 Å². The summed E-state index contributed by atoms with van der Waals surface area (Å²) in [6, 6.07) is 10.0. The molecule has 144 valence electrons. The fourth-order valence-corrected chi connectivity index (χ4v) is 3.30. The van der Waals surface area contributed by atoms with Crippen molar-refractivity contribution >= 4 is 11.7 Å². The number of carbonyl (C=O) groups is 1. The molecular weight excluding hydrogens is 356 g/mol. The summed E-state index contributed by atoms with van der Waals surface area (Å²) in [6.45, 7) is 7.71. The van der Waals surface area contributed by atoms with E-state index in [9.17, 15) is 14.9 Å². The van der Waals surface area contributed by atoms with Gasteiger partial charge in [-0.25, -0.2) is 4.79 Å². The van der Waals surface area contributed by atoms with Gasteiger partial charge < -0.3 is 15.4 Å². The Balaban J connectivity index is 2.40. The summed E-state index contributed by atoms with van der Waals surface area (Å²) in [5, 5.41) is 15.0. The highest BCUT2D eigenvalue weighted by atomic mass is 16.5. The third kappa shape index (κ3) is 3.25. The zero-order chi connectivity index (χ0) is 20.5. The van der Waals surface area contributed by atoms with Gasteiger partial charge in [0.15, 0.2) is 0 Å². The van der Waals surface area contributed by atoms with Crippen LogP contribution in [0, 0.1) is 18.3 Å². The zero-order valence-corrected chi connectivity index (χ0v) is 16.3. The fraction of sp³-hybridized carbons (Fsp3) is 0.286. The second-order valence-corrected chi connectivity index (χ2v) is 6.95. The first kappa shape index (κ1) is 19.2. The van der Waals surface area contributed by atoms with Gasteiger partial charge in [-0.2, -0.15) is 5.26 Å². The molecule has 7 nitrogen and oxygen atoms in total. The van der Waals surface area contributed by atoms with Gasteiger partial charge in [0, 0.05) is 24.4 Å². The first-order valence-electron chi connectivity index (χ1n) is 9.01. The Labute approximate surface area is 163 Å². The fourth-order valence-electron chi connectivity index (χ4n) is 3.30. The van der Waals surface area contributed by atoms with Gasteiger partial charge in [0.1, 0.15) is 11.4 Å². The summed E-state index contributed by atoms with van der Waals surface area (Å²) in [4.78, 5) is 25.0. The van der Waals surface area contributed by atoms with Gasteiger partial charge >= 0.3 is 6.03 Å². The predicted molar refractivity (Wildman–Crippen MR) is 106 cm³/mol. The van der Waals surface area contributed by atoms with Crippen LogP contribution in [0.1, 0.15) is 37.5 Å². The average Bonchev–Trinajstić information content (AvgIpc) is 2.64. The van der Waals surface area contributed by atoms with E-state index in [-0.39, 0.29) is 5.56 Å². The number of aromatic nitrogens is 1. The third-order valence-electron chi connectivity index (χ3n) is 4.63. The number of urea groups is 1. The van der Waals surface area contributed by atoms with Gasteiger partial charge in [-0.3, -0.25) is 9.36 Å².